The van der Waals surface area contributed by atoms with E-state index in [1.54, 1.807) is 16.7 Å². The van der Waals surface area contributed by atoms with Gasteiger partial charge in [0.05, 0.1) is 24.8 Å². The van der Waals surface area contributed by atoms with Crippen molar-refractivity contribution in [2.45, 2.75) is 32.7 Å². The Morgan fingerprint density at radius 2 is 1.81 bits per heavy atom. The Bertz CT molecular complexity index is 2110. The molecule has 0 saturated heterocycles. The van der Waals surface area contributed by atoms with Gasteiger partial charge in [-0.25, -0.2) is 19.6 Å². The Hall–Kier alpha value is -5.13. The van der Waals surface area contributed by atoms with Gasteiger partial charge < -0.3 is 32.9 Å². The first-order chi connectivity index (χ1) is 22.8. The van der Waals surface area contributed by atoms with Crippen molar-refractivity contribution in [1.82, 2.24) is 14.5 Å². The molecule has 13 nitrogen and oxygen atoms in total. The van der Waals surface area contributed by atoms with Crippen LogP contribution in [-0.2, 0) is 31.8 Å². The average Bonchev–Trinajstić information content (AvgIpc) is 3.66. The van der Waals surface area contributed by atoms with Gasteiger partial charge in [0, 0.05) is 55.4 Å². The number of benzene rings is 1. The second-order valence-electron chi connectivity index (χ2n) is 10.4. The van der Waals surface area contributed by atoms with Gasteiger partial charge in [-0.05, 0) is 30.7 Å². The molecule has 0 fully saturated rings. The van der Waals surface area contributed by atoms with Crippen molar-refractivity contribution < 1.29 is 45.8 Å². The maximum Gasteiger partial charge on any atom is 0.519 e. The third-order valence-corrected chi connectivity index (χ3v) is 7.95. The highest BCUT2D eigenvalue weighted by molar-refractivity contribution is 7.13. The van der Waals surface area contributed by atoms with Gasteiger partial charge in [0.15, 0.2) is 23.8 Å². The number of rotatable bonds is 11. The summed E-state index contributed by atoms with van der Waals surface area (Å²) in [5, 5.41) is 3.42. The molecule has 0 saturated carbocycles. The summed E-state index contributed by atoms with van der Waals surface area (Å²) < 4.78 is 67.7. The summed E-state index contributed by atoms with van der Waals surface area (Å²) in [7, 11) is 2.95. The number of amides is 1. The van der Waals surface area contributed by atoms with Crippen LogP contribution in [-0.4, -0.2) is 53.8 Å². The summed E-state index contributed by atoms with van der Waals surface area (Å²) in [6.45, 7) is 2.47. The predicted octanol–water partition coefficient (Wildman–Crippen LogP) is 5.21. The lowest BCUT2D eigenvalue weighted by Gasteiger charge is -2.22. The number of methoxy groups -OCH3 is 2. The number of carbonyl (C=O) groups is 2. The van der Waals surface area contributed by atoms with E-state index in [0.717, 1.165) is 16.7 Å². The number of pyridine rings is 2. The van der Waals surface area contributed by atoms with Crippen LogP contribution in [0.1, 0.15) is 40.5 Å². The number of esters is 1. The Kier molecular flexibility index (Phi) is 9.92. The molecule has 0 aliphatic rings. The number of aromatic nitrogens is 3. The average molecular weight is 689 g/mol. The van der Waals surface area contributed by atoms with Crippen LogP contribution in [0.2, 0.25) is 0 Å². The number of nitrogens with one attached hydrogen (secondary N) is 1. The third-order valence-electron chi connectivity index (χ3n) is 7.08. The monoisotopic (exact) mass is 688 g/mol. The number of carbonyl (C=O) groups excluding carboxylic acids is 2. The summed E-state index contributed by atoms with van der Waals surface area (Å²) in [5.41, 5.74) is -0.943. The Labute approximate surface area is 272 Å². The summed E-state index contributed by atoms with van der Waals surface area (Å²) in [4.78, 5) is 58.3. The van der Waals surface area contributed by atoms with E-state index in [4.69, 9.17) is 23.0 Å². The maximum absolute atomic E-state index is 13.9. The summed E-state index contributed by atoms with van der Waals surface area (Å²) in [6.07, 6.45) is -2.03. The van der Waals surface area contributed by atoms with Crippen LogP contribution in [0.25, 0.3) is 32.6 Å². The molecule has 0 radical (unpaired) electrons. The van der Waals surface area contributed by atoms with Crippen LogP contribution in [0, 0.1) is 6.92 Å². The highest BCUT2D eigenvalue weighted by atomic mass is 32.1. The van der Waals surface area contributed by atoms with Gasteiger partial charge in [0.2, 0.25) is 11.3 Å². The van der Waals surface area contributed by atoms with E-state index < -0.39 is 47.6 Å². The van der Waals surface area contributed by atoms with Crippen molar-refractivity contribution in [3.63, 3.8) is 0 Å². The van der Waals surface area contributed by atoms with E-state index in [2.05, 4.69) is 15.3 Å². The number of nitrogens with zero attached hydrogens (tertiary/aromatic N) is 3. The van der Waals surface area contributed by atoms with E-state index in [1.165, 1.54) is 52.6 Å². The molecule has 1 amide bonds. The van der Waals surface area contributed by atoms with Crippen LogP contribution in [0.4, 0.5) is 19.0 Å². The minimum atomic E-state index is -4.69. The number of aryl methyl sites for hydroxylation is 1. The first-order valence-electron chi connectivity index (χ1n) is 14.0. The molecule has 0 aliphatic carbocycles. The molecule has 0 unspecified atom stereocenters. The number of anilines is 1. The van der Waals surface area contributed by atoms with Crippen LogP contribution in [0.5, 0.6) is 0 Å². The predicted molar refractivity (Wildman–Crippen MR) is 166 cm³/mol. The zero-order chi connectivity index (χ0) is 34.7. The summed E-state index contributed by atoms with van der Waals surface area (Å²) in [5.74, 6) is -2.32. The minimum Gasteiger partial charge on any atom is -0.454 e. The molecule has 4 heterocycles. The van der Waals surface area contributed by atoms with E-state index >= 15 is 0 Å². The van der Waals surface area contributed by atoms with Gasteiger partial charge in [-0.1, -0.05) is 6.07 Å². The fourth-order valence-corrected chi connectivity index (χ4v) is 5.77. The maximum atomic E-state index is 13.9. The smallest absolute Gasteiger partial charge is 0.454 e. The summed E-state index contributed by atoms with van der Waals surface area (Å²) in [6, 6.07) is 5.58. The minimum absolute atomic E-state index is 0.0115. The molecule has 5 rings (SSSR count). The topological polar surface area (TPSA) is 165 Å². The first kappa shape index (κ1) is 34.2. The van der Waals surface area contributed by atoms with Gasteiger partial charge in [-0.3, -0.25) is 9.59 Å². The third kappa shape index (κ3) is 7.22. The van der Waals surface area contributed by atoms with Gasteiger partial charge in [0.25, 0.3) is 0 Å². The Balaban J connectivity index is 1.68. The van der Waals surface area contributed by atoms with Crippen LogP contribution in [0.3, 0.4) is 0 Å². The van der Waals surface area contributed by atoms with Gasteiger partial charge in [-0.15, -0.1) is 11.3 Å². The highest BCUT2D eigenvalue weighted by Gasteiger charge is 2.34. The van der Waals surface area contributed by atoms with E-state index in [0.29, 0.717) is 16.6 Å². The molecule has 48 heavy (non-hydrogen) atoms. The molecular formula is C31H27F3N4O9S. The van der Waals surface area contributed by atoms with Crippen molar-refractivity contribution in [2.24, 2.45) is 0 Å². The van der Waals surface area contributed by atoms with Crippen molar-refractivity contribution in [3.05, 3.63) is 85.7 Å². The van der Waals surface area contributed by atoms with Crippen molar-refractivity contribution in [2.75, 3.05) is 32.8 Å². The fourth-order valence-electron chi connectivity index (χ4n) is 4.92. The normalized spacial score (nSPS) is 11.8. The molecule has 252 valence electrons. The molecule has 5 aromatic rings. The number of hydrogen-bond donors (Lipinski definition) is 1. The number of ether oxygens (including phenoxy) is 3. The SMILES string of the molecule is COCC(COC)n1cc(C(=O)OCc2oc(=O)oc2C)c(=O)c2cc(-c3cnc(NC(C)=O)cc3-c3nc(C(F)(F)F)cs3)ccc21. The number of fused-ring (bicyclic) bond motifs is 1. The zero-order valence-corrected chi connectivity index (χ0v) is 26.6. The summed E-state index contributed by atoms with van der Waals surface area (Å²) >= 11 is 0.742. The number of halogens is 3. The van der Waals surface area contributed by atoms with Crippen molar-refractivity contribution in [3.8, 4) is 21.7 Å². The second kappa shape index (κ2) is 13.9. The van der Waals surface area contributed by atoms with Crippen LogP contribution in [0.15, 0.2) is 60.5 Å². The highest BCUT2D eigenvalue weighted by Crippen LogP contribution is 2.39. The molecule has 4 aromatic heterocycles. The van der Waals surface area contributed by atoms with Gasteiger partial charge in [-0.2, -0.15) is 13.2 Å². The second-order valence-corrected chi connectivity index (χ2v) is 11.3. The molecule has 17 heteroatoms. The molecule has 0 atom stereocenters. The zero-order valence-electron chi connectivity index (χ0n) is 25.8. The van der Waals surface area contributed by atoms with Gasteiger partial charge >= 0.3 is 18.0 Å². The molecule has 1 aromatic carbocycles. The lowest BCUT2D eigenvalue weighted by atomic mass is 9.99. The van der Waals surface area contributed by atoms with E-state index in [9.17, 15) is 32.3 Å². The van der Waals surface area contributed by atoms with Crippen LogP contribution >= 0.6 is 11.3 Å². The Morgan fingerprint density at radius 3 is 2.42 bits per heavy atom. The Morgan fingerprint density at radius 1 is 1.08 bits per heavy atom. The fraction of sp³-hybridized carbons (Fsp3) is 0.290. The van der Waals surface area contributed by atoms with Crippen LogP contribution < -0.4 is 16.6 Å². The molecule has 1 N–H and O–H groups in total. The number of alkyl halides is 3. The van der Waals surface area contributed by atoms with E-state index in [1.807, 2.05) is 0 Å². The number of hydrogen-bond acceptors (Lipinski definition) is 12. The van der Waals surface area contributed by atoms with Crippen molar-refractivity contribution in [1.29, 1.82) is 0 Å². The van der Waals surface area contributed by atoms with Crippen molar-refractivity contribution >= 4 is 39.9 Å². The lowest BCUT2D eigenvalue weighted by molar-refractivity contribution is -0.140. The molecule has 0 aliphatic heterocycles. The first-order valence-corrected chi connectivity index (χ1v) is 14.9. The standard InChI is InChI=1S/C31H27F3N4O9S/c1-15-24(47-30(42)46-15)13-45-29(41)22-10-38(18(11-43-3)12-44-4)23-6-5-17(7-20(23)27(22)40)21-9-35-26(36-16(2)39)8-19(21)28-37-25(14-48-28)31(32,33)34/h5-10,14,18H,11-13H2,1-4H3,(H,35,36,39). The largest absolute Gasteiger partial charge is 0.519 e. The molecular weight excluding hydrogens is 661 g/mol. The van der Waals surface area contributed by atoms with E-state index in [-0.39, 0.29) is 52.1 Å². The molecule has 0 bridgehead atoms. The number of thiazole rings is 1. The lowest BCUT2D eigenvalue weighted by Crippen LogP contribution is -2.26. The molecule has 0 spiro atoms. The quantitative estimate of drug-likeness (QED) is 0.181. The van der Waals surface area contributed by atoms with Gasteiger partial charge in [0.1, 0.15) is 16.4 Å².